The minimum atomic E-state index is -0.833. The first-order valence-electron chi connectivity index (χ1n) is 2.13. The molecule has 3 nitrogen and oxygen atoms in total. The molecule has 0 aliphatic carbocycles. The van der Waals surface area contributed by atoms with Crippen molar-refractivity contribution in [3.63, 3.8) is 0 Å². The van der Waals surface area contributed by atoms with E-state index in [4.69, 9.17) is 9.90 Å². The molecule has 0 aliphatic heterocycles. The van der Waals surface area contributed by atoms with Crippen LogP contribution < -0.4 is 0 Å². The third kappa shape index (κ3) is 1800. The smallest absolute Gasteiger partial charge is 0.300 e. The van der Waals surface area contributed by atoms with Crippen LogP contribution in [0.3, 0.4) is 0 Å². The van der Waals surface area contributed by atoms with E-state index in [1.54, 1.807) is 0 Å². The van der Waals surface area contributed by atoms with E-state index in [1.807, 2.05) is 0 Å². The van der Waals surface area contributed by atoms with Gasteiger partial charge in [-0.3, -0.25) is 4.79 Å². The number of carbonyl (C=O) groups is 2. The number of Topliss-reactive ketones (excluding diaryl/α,β-unsaturated/α-hetero) is 1. The van der Waals surface area contributed by atoms with Gasteiger partial charge in [-0.15, -0.1) is 0 Å². The molecule has 0 amide bonds. The normalized spacial score (nSPS) is 5.67. The molecule has 0 fully saturated rings. The SMILES string of the molecule is CC(=O)O.CC(C)=O.[Ni]. The first kappa shape index (κ1) is 15.9. The summed E-state index contributed by atoms with van der Waals surface area (Å²) in [5.41, 5.74) is 0. The van der Waals surface area contributed by atoms with E-state index >= 15 is 0 Å². The molecule has 0 aromatic rings. The number of carbonyl (C=O) groups excluding carboxylic acids is 1. The van der Waals surface area contributed by atoms with Crippen LogP contribution in [0.4, 0.5) is 0 Å². The summed E-state index contributed by atoms with van der Waals surface area (Å²) in [6.45, 7) is 4.14. The summed E-state index contributed by atoms with van der Waals surface area (Å²) in [5.74, 6) is -0.667. The summed E-state index contributed by atoms with van der Waals surface area (Å²) < 4.78 is 0. The molecule has 0 heterocycles. The van der Waals surface area contributed by atoms with E-state index in [0.29, 0.717) is 0 Å². The number of hydrogen-bond acceptors (Lipinski definition) is 2. The van der Waals surface area contributed by atoms with Crippen LogP contribution >= 0.6 is 0 Å². The Labute approximate surface area is 64.4 Å². The first-order valence-corrected chi connectivity index (χ1v) is 2.13. The van der Waals surface area contributed by atoms with Gasteiger partial charge in [0.05, 0.1) is 0 Å². The Kier molecular flexibility index (Phi) is 18.6. The van der Waals surface area contributed by atoms with Crippen molar-refractivity contribution < 1.29 is 31.2 Å². The maximum atomic E-state index is 9.44. The van der Waals surface area contributed by atoms with Gasteiger partial charge in [-0.05, 0) is 13.8 Å². The van der Waals surface area contributed by atoms with Crippen molar-refractivity contribution in [2.75, 3.05) is 0 Å². The fourth-order valence-electron chi connectivity index (χ4n) is 0. The molecular formula is C5H10NiO3. The zero-order valence-electron chi connectivity index (χ0n) is 5.58. The molecule has 0 unspecified atom stereocenters. The van der Waals surface area contributed by atoms with Crippen LogP contribution in [0, 0.1) is 0 Å². The number of carboxylic acids is 1. The van der Waals surface area contributed by atoms with Crippen LogP contribution in [0.2, 0.25) is 0 Å². The average Bonchev–Trinajstić information content (AvgIpc) is 1.25. The number of aliphatic carboxylic acids is 1. The van der Waals surface area contributed by atoms with E-state index in [-0.39, 0.29) is 22.3 Å². The summed E-state index contributed by atoms with van der Waals surface area (Å²) in [5, 5.41) is 7.42. The van der Waals surface area contributed by atoms with Crippen molar-refractivity contribution in [3.8, 4) is 0 Å². The Morgan fingerprint density at radius 1 is 1.11 bits per heavy atom. The predicted molar refractivity (Wildman–Crippen MR) is 29.7 cm³/mol. The minimum Gasteiger partial charge on any atom is -0.481 e. The standard InChI is InChI=1S/C3H6O.C2H4O2.Ni/c1-3(2)4;1-2(3)4;/h1-2H3;1H3,(H,3,4);. The maximum absolute atomic E-state index is 9.44. The summed E-state index contributed by atoms with van der Waals surface area (Å²) in [7, 11) is 0. The number of rotatable bonds is 0. The number of carboxylic acid groups (broad SMARTS) is 1. The molecule has 0 spiro atoms. The van der Waals surface area contributed by atoms with Crippen molar-refractivity contribution in [1.29, 1.82) is 0 Å². The van der Waals surface area contributed by atoms with Crippen molar-refractivity contribution in [2.24, 2.45) is 0 Å². The molecule has 58 valence electrons. The van der Waals surface area contributed by atoms with Gasteiger partial charge in [-0.25, -0.2) is 0 Å². The van der Waals surface area contributed by atoms with Gasteiger partial charge < -0.3 is 9.90 Å². The topological polar surface area (TPSA) is 54.4 Å². The van der Waals surface area contributed by atoms with Crippen LogP contribution in [-0.4, -0.2) is 16.9 Å². The molecule has 9 heavy (non-hydrogen) atoms. The molecule has 0 bridgehead atoms. The maximum Gasteiger partial charge on any atom is 0.300 e. The van der Waals surface area contributed by atoms with Gasteiger partial charge >= 0.3 is 0 Å². The van der Waals surface area contributed by atoms with Crippen LogP contribution in [0.5, 0.6) is 0 Å². The van der Waals surface area contributed by atoms with Crippen LogP contribution in [0.25, 0.3) is 0 Å². The van der Waals surface area contributed by atoms with Crippen molar-refractivity contribution in [2.45, 2.75) is 20.8 Å². The summed E-state index contributed by atoms with van der Waals surface area (Å²) in [4.78, 5) is 18.4. The quantitative estimate of drug-likeness (QED) is 0.553. The minimum absolute atomic E-state index is 0. The van der Waals surface area contributed by atoms with Gasteiger partial charge in [0.25, 0.3) is 5.97 Å². The van der Waals surface area contributed by atoms with E-state index in [2.05, 4.69) is 0 Å². The fourth-order valence-corrected chi connectivity index (χ4v) is 0. The molecule has 0 saturated carbocycles. The molecule has 0 aromatic heterocycles. The Morgan fingerprint density at radius 2 is 1.11 bits per heavy atom. The molecule has 0 aromatic carbocycles. The molecule has 1 N–H and O–H groups in total. The second-order valence-electron chi connectivity index (χ2n) is 1.43. The molecule has 0 radical (unpaired) electrons. The van der Waals surface area contributed by atoms with Crippen LogP contribution in [0.1, 0.15) is 20.8 Å². The zero-order valence-corrected chi connectivity index (χ0v) is 6.57. The van der Waals surface area contributed by atoms with E-state index < -0.39 is 5.97 Å². The molecule has 0 saturated heterocycles. The largest absolute Gasteiger partial charge is 0.481 e. The summed E-state index contributed by atoms with van der Waals surface area (Å²) >= 11 is 0. The van der Waals surface area contributed by atoms with Gasteiger partial charge in [-0.2, -0.15) is 0 Å². The Hall–Kier alpha value is -0.366. The second-order valence-corrected chi connectivity index (χ2v) is 1.43. The van der Waals surface area contributed by atoms with Crippen LogP contribution in [0.15, 0.2) is 0 Å². The van der Waals surface area contributed by atoms with E-state index in [0.717, 1.165) is 6.92 Å². The molecule has 0 atom stereocenters. The van der Waals surface area contributed by atoms with Crippen molar-refractivity contribution >= 4 is 11.8 Å². The fraction of sp³-hybridized carbons (Fsp3) is 0.600. The molecule has 0 aliphatic rings. The third-order valence-corrected chi connectivity index (χ3v) is 0. The van der Waals surface area contributed by atoms with E-state index in [1.165, 1.54) is 13.8 Å². The third-order valence-electron chi connectivity index (χ3n) is 0. The van der Waals surface area contributed by atoms with E-state index in [9.17, 15) is 4.79 Å². The van der Waals surface area contributed by atoms with Gasteiger partial charge in [0.1, 0.15) is 5.78 Å². The molecule has 4 heteroatoms. The van der Waals surface area contributed by atoms with Gasteiger partial charge in [-0.1, -0.05) is 0 Å². The Morgan fingerprint density at radius 3 is 1.11 bits per heavy atom. The molecule has 0 rings (SSSR count). The first-order chi connectivity index (χ1) is 3.46. The van der Waals surface area contributed by atoms with Crippen molar-refractivity contribution in [1.82, 2.24) is 0 Å². The van der Waals surface area contributed by atoms with Crippen LogP contribution in [-0.2, 0) is 26.1 Å². The number of ketones is 1. The predicted octanol–water partition coefficient (Wildman–Crippen LogP) is 0.684. The van der Waals surface area contributed by atoms with Gasteiger partial charge in [0.15, 0.2) is 0 Å². The second kappa shape index (κ2) is 10.6. The van der Waals surface area contributed by atoms with Gasteiger partial charge in [0.2, 0.25) is 0 Å². The summed E-state index contributed by atoms with van der Waals surface area (Å²) in [6, 6.07) is 0. The Bertz CT molecular complexity index is 70.2. The summed E-state index contributed by atoms with van der Waals surface area (Å²) in [6.07, 6.45) is 0. The zero-order chi connectivity index (χ0) is 7.15. The van der Waals surface area contributed by atoms with Gasteiger partial charge in [0, 0.05) is 23.4 Å². The Balaban J connectivity index is -0.0000000720. The number of hydrogen-bond donors (Lipinski definition) is 1. The monoisotopic (exact) mass is 176 g/mol. The molecular weight excluding hydrogens is 167 g/mol. The van der Waals surface area contributed by atoms with Crippen molar-refractivity contribution in [3.05, 3.63) is 0 Å². The average molecular weight is 177 g/mol.